The van der Waals surface area contributed by atoms with Gasteiger partial charge in [-0.1, -0.05) is 35.9 Å². The summed E-state index contributed by atoms with van der Waals surface area (Å²) >= 11 is 5.86. The number of carbonyl (C=O) groups is 2. The second kappa shape index (κ2) is 6.90. The van der Waals surface area contributed by atoms with Crippen LogP contribution in [0, 0.1) is 0 Å². The maximum absolute atomic E-state index is 11.8. The van der Waals surface area contributed by atoms with Crippen LogP contribution in [0.1, 0.15) is 21.5 Å². The van der Waals surface area contributed by atoms with Crippen molar-refractivity contribution in [3.63, 3.8) is 0 Å². The summed E-state index contributed by atoms with van der Waals surface area (Å²) < 4.78 is 0. The Morgan fingerprint density at radius 2 is 1.76 bits per heavy atom. The molecule has 0 atom stereocenters. The second-order valence-electron chi connectivity index (χ2n) is 4.59. The summed E-state index contributed by atoms with van der Waals surface area (Å²) in [7, 11) is 0. The van der Waals surface area contributed by atoms with E-state index in [9.17, 15) is 9.59 Å². The Hall–Kier alpha value is -2.33. The molecule has 0 saturated carbocycles. The summed E-state index contributed by atoms with van der Waals surface area (Å²) in [6.45, 7) is 0.360. The van der Waals surface area contributed by atoms with Crippen molar-refractivity contribution < 1.29 is 14.7 Å². The van der Waals surface area contributed by atoms with Crippen LogP contribution in [-0.4, -0.2) is 17.0 Å². The van der Waals surface area contributed by atoms with Gasteiger partial charge < -0.3 is 10.4 Å². The number of hydrogen-bond acceptors (Lipinski definition) is 2. The molecule has 21 heavy (non-hydrogen) atoms. The number of carbonyl (C=O) groups excluding carboxylic acids is 1. The largest absolute Gasteiger partial charge is 0.478 e. The minimum absolute atomic E-state index is 0.112. The SMILES string of the molecule is O=C(Cc1cccc(Cl)c1)NCc1ccc(C(=O)O)cc1. The van der Waals surface area contributed by atoms with Gasteiger partial charge in [0.2, 0.25) is 5.91 Å². The Labute approximate surface area is 127 Å². The van der Waals surface area contributed by atoms with Crippen molar-refractivity contribution in [2.75, 3.05) is 0 Å². The van der Waals surface area contributed by atoms with E-state index < -0.39 is 5.97 Å². The zero-order valence-electron chi connectivity index (χ0n) is 11.2. The van der Waals surface area contributed by atoms with Crippen LogP contribution in [0.5, 0.6) is 0 Å². The van der Waals surface area contributed by atoms with Gasteiger partial charge in [0.15, 0.2) is 0 Å². The van der Waals surface area contributed by atoms with E-state index in [0.717, 1.165) is 11.1 Å². The van der Waals surface area contributed by atoms with Crippen molar-refractivity contribution in [2.45, 2.75) is 13.0 Å². The molecule has 0 unspecified atom stereocenters. The van der Waals surface area contributed by atoms with Gasteiger partial charge in [-0.2, -0.15) is 0 Å². The monoisotopic (exact) mass is 303 g/mol. The van der Waals surface area contributed by atoms with Crippen molar-refractivity contribution >= 4 is 23.5 Å². The van der Waals surface area contributed by atoms with Crippen LogP contribution in [0.4, 0.5) is 0 Å². The number of hydrogen-bond donors (Lipinski definition) is 2. The molecule has 0 fully saturated rings. The van der Waals surface area contributed by atoms with Gasteiger partial charge in [0.25, 0.3) is 0 Å². The molecule has 0 radical (unpaired) electrons. The van der Waals surface area contributed by atoms with Gasteiger partial charge in [-0.25, -0.2) is 4.79 Å². The fourth-order valence-corrected chi connectivity index (χ4v) is 2.07. The lowest BCUT2D eigenvalue weighted by Crippen LogP contribution is -2.24. The van der Waals surface area contributed by atoms with Gasteiger partial charge in [0.05, 0.1) is 12.0 Å². The van der Waals surface area contributed by atoms with E-state index in [0.29, 0.717) is 11.6 Å². The highest BCUT2D eigenvalue weighted by Crippen LogP contribution is 2.11. The number of aromatic carboxylic acids is 1. The van der Waals surface area contributed by atoms with Gasteiger partial charge in [0.1, 0.15) is 0 Å². The van der Waals surface area contributed by atoms with E-state index in [-0.39, 0.29) is 17.9 Å². The van der Waals surface area contributed by atoms with Crippen molar-refractivity contribution in [3.05, 3.63) is 70.2 Å². The van der Waals surface area contributed by atoms with Crippen molar-refractivity contribution in [3.8, 4) is 0 Å². The minimum atomic E-state index is -0.966. The quantitative estimate of drug-likeness (QED) is 0.892. The highest BCUT2D eigenvalue weighted by atomic mass is 35.5. The fraction of sp³-hybridized carbons (Fsp3) is 0.125. The van der Waals surface area contributed by atoms with Crippen molar-refractivity contribution in [1.82, 2.24) is 5.32 Å². The van der Waals surface area contributed by atoms with Crippen LogP contribution in [0.15, 0.2) is 48.5 Å². The Balaban J connectivity index is 1.87. The van der Waals surface area contributed by atoms with Gasteiger partial charge in [0, 0.05) is 11.6 Å². The summed E-state index contributed by atoms with van der Waals surface area (Å²) in [5, 5.41) is 12.2. The summed E-state index contributed by atoms with van der Waals surface area (Å²) in [5.41, 5.74) is 1.92. The topological polar surface area (TPSA) is 66.4 Å². The lowest BCUT2D eigenvalue weighted by molar-refractivity contribution is -0.120. The van der Waals surface area contributed by atoms with Crippen LogP contribution < -0.4 is 5.32 Å². The molecular formula is C16H14ClNO3. The number of amides is 1. The molecule has 2 aromatic rings. The molecule has 5 heteroatoms. The minimum Gasteiger partial charge on any atom is -0.478 e. The Kier molecular flexibility index (Phi) is 4.95. The number of carboxylic acid groups (broad SMARTS) is 1. The zero-order chi connectivity index (χ0) is 15.2. The summed E-state index contributed by atoms with van der Waals surface area (Å²) in [6.07, 6.45) is 0.258. The van der Waals surface area contributed by atoms with E-state index >= 15 is 0 Å². The van der Waals surface area contributed by atoms with Gasteiger partial charge >= 0.3 is 5.97 Å². The number of halogens is 1. The summed E-state index contributed by atoms with van der Waals surface area (Å²) in [4.78, 5) is 22.6. The van der Waals surface area contributed by atoms with Gasteiger partial charge in [-0.15, -0.1) is 0 Å². The zero-order valence-corrected chi connectivity index (χ0v) is 11.9. The first-order valence-corrected chi connectivity index (χ1v) is 6.76. The van der Waals surface area contributed by atoms with Gasteiger partial charge in [-0.05, 0) is 35.4 Å². The Morgan fingerprint density at radius 1 is 1.05 bits per heavy atom. The smallest absolute Gasteiger partial charge is 0.335 e. The predicted octanol–water partition coefficient (Wildman–Crippen LogP) is 2.90. The summed E-state index contributed by atoms with van der Waals surface area (Å²) in [6, 6.07) is 13.5. The van der Waals surface area contributed by atoms with Crippen LogP contribution in [-0.2, 0) is 17.8 Å². The van der Waals surface area contributed by atoms with Crippen LogP contribution in [0.25, 0.3) is 0 Å². The number of nitrogens with one attached hydrogen (secondary N) is 1. The van der Waals surface area contributed by atoms with Gasteiger partial charge in [-0.3, -0.25) is 4.79 Å². The molecule has 2 N–H and O–H groups in total. The third-order valence-electron chi connectivity index (χ3n) is 2.94. The average Bonchev–Trinajstić information content (AvgIpc) is 2.45. The highest BCUT2D eigenvalue weighted by Gasteiger charge is 2.05. The van der Waals surface area contributed by atoms with E-state index in [2.05, 4.69) is 5.32 Å². The van der Waals surface area contributed by atoms with Crippen LogP contribution >= 0.6 is 11.6 Å². The molecule has 0 aromatic heterocycles. The molecule has 0 spiro atoms. The highest BCUT2D eigenvalue weighted by molar-refractivity contribution is 6.30. The fourth-order valence-electron chi connectivity index (χ4n) is 1.86. The van der Waals surface area contributed by atoms with Crippen LogP contribution in [0.3, 0.4) is 0 Å². The molecule has 0 aliphatic carbocycles. The standard InChI is InChI=1S/C16H14ClNO3/c17-14-3-1-2-12(8-14)9-15(19)18-10-11-4-6-13(7-5-11)16(20)21/h1-8H,9-10H2,(H,18,19)(H,20,21). The molecule has 0 heterocycles. The molecule has 0 aliphatic heterocycles. The third-order valence-corrected chi connectivity index (χ3v) is 3.18. The van der Waals surface area contributed by atoms with Crippen molar-refractivity contribution in [1.29, 1.82) is 0 Å². The van der Waals surface area contributed by atoms with E-state index in [1.54, 1.807) is 30.3 Å². The molecule has 0 aliphatic rings. The maximum atomic E-state index is 11.8. The molecule has 2 aromatic carbocycles. The number of rotatable bonds is 5. The van der Waals surface area contributed by atoms with Crippen molar-refractivity contribution in [2.24, 2.45) is 0 Å². The Morgan fingerprint density at radius 3 is 2.38 bits per heavy atom. The Bertz CT molecular complexity index is 653. The molecule has 4 nitrogen and oxygen atoms in total. The molecular weight excluding hydrogens is 290 g/mol. The molecule has 1 amide bonds. The van der Waals surface area contributed by atoms with E-state index in [1.165, 1.54) is 12.1 Å². The normalized spacial score (nSPS) is 10.1. The molecule has 0 saturated heterocycles. The second-order valence-corrected chi connectivity index (χ2v) is 5.02. The molecule has 108 valence electrons. The van der Waals surface area contributed by atoms with E-state index in [1.807, 2.05) is 6.07 Å². The number of carboxylic acids is 1. The molecule has 2 rings (SSSR count). The predicted molar refractivity (Wildman–Crippen MR) is 80.4 cm³/mol. The lowest BCUT2D eigenvalue weighted by atomic mass is 10.1. The lowest BCUT2D eigenvalue weighted by Gasteiger charge is -2.06. The van der Waals surface area contributed by atoms with E-state index in [4.69, 9.17) is 16.7 Å². The average molecular weight is 304 g/mol. The first-order valence-electron chi connectivity index (χ1n) is 6.38. The first-order chi connectivity index (χ1) is 10.0. The third kappa shape index (κ3) is 4.61. The maximum Gasteiger partial charge on any atom is 0.335 e. The van der Waals surface area contributed by atoms with Crippen LogP contribution in [0.2, 0.25) is 5.02 Å². The first kappa shape index (κ1) is 15.1. The molecule has 0 bridgehead atoms. The summed E-state index contributed by atoms with van der Waals surface area (Å²) in [5.74, 6) is -1.08. The number of benzene rings is 2.